The Kier molecular flexibility index (Phi) is 3.65. The fourth-order valence-electron chi connectivity index (χ4n) is 1.16. The molecule has 1 saturated heterocycles. The van der Waals surface area contributed by atoms with Gasteiger partial charge in [0.25, 0.3) is 5.91 Å². The number of amidine groups is 1. The summed E-state index contributed by atoms with van der Waals surface area (Å²) in [6.45, 7) is 5.98. The van der Waals surface area contributed by atoms with E-state index in [1.165, 1.54) is 0 Å². The molecule has 2 N–H and O–H groups in total. The van der Waals surface area contributed by atoms with E-state index in [-0.39, 0.29) is 17.8 Å². The third-order valence-electron chi connectivity index (χ3n) is 1.86. The van der Waals surface area contributed by atoms with E-state index >= 15 is 0 Å². The largest absolute Gasteiger partial charge is 0.451 e. The Morgan fingerprint density at radius 2 is 2.33 bits per heavy atom. The first-order chi connectivity index (χ1) is 7.04. The molecule has 0 bridgehead atoms. The summed E-state index contributed by atoms with van der Waals surface area (Å²) in [5.41, 5.74) is 0. The number of ether oxygens (including phenoxy) is 1. The maximum atomic E-state index is 11.3. The van der Waals surface area contributed by atoms with Gasteiger partial charge in [-0.3, -0.25) is 10.1 Å². The maximum Gasteiger partial charge on any atom is 0.345 e. The van der Waals surface area contributed by atoms with Crippen LogP contribution in [-0.4, -0.2) is 30.6 Å². The van der Waals surface area contributed by atoms with E-state index in [1.54, 1.807) is 6.92 Å². The van der Waals surface area contributed by atoms with Gasteiger partial charge in [0.05, 0.1) is 0 Å². The van der Waals surface area contributed by atoms with Crippen molar-refractivity contribution in [2.45, 2.75) is 26.9 Å². The molecule has 1 atom stereocenters. The van der Waals surface area contributed by atoms with E-state index in [1.807, 2.05) is 13.8 Å². The van der Waals surface area contributed by atoms with Crippen molar-refractivity contribution >= 4 is 18.0 Å². The molecule has 0 radical (unpaired) electrons. The number of carbonyl (C=O) groups is 2. The van der Waals surface area contributed by atoms with Gasteiger partial charge in [-0.1, -0.05) is 13.8 Å². The van der Waals surface area contributed by atoms with Gasteiger partial charge in [-0.2, -0.15) is 0 Å². The molecule has 6 nitrogen and oxygen atoms in total. The molecule has 0 unspecified atom stereocenters. The van der Waals surface area contributed by atoms with Crippen molar-refractivity contribution in [2.24, 2.45) is 10.9 Å². The van der Waals surface area contributed by atoms with Crippen molar-refractivity contribution in [3.8, 4) is 0 Å². The number of nitrogens with one attached hydrogen (secondary N) is 2. The summed E-state index contributed by atoms with van der Waals surface area (Å²) in [7, 11) is 0. The highest BCUT2D eigenvalue weighted by Gasteiger charge is 2.33. The fourth-order valence-corrected chi connectivity index (χ4v) is 1.16. The lowest BCUT2D eigenvalue weighted by Crippen LogP contribution is -2.29. The minimum atomic E-state index is -0.557. The average molecular weight is 213 g/mol. The molecular weight excluding hydrogens is 198 g/mol. The van der Waals surface area contributed by atoms with Crippen LogP contribution in [0.15, 0.2) is 4.99 Å². The Balaban J connectivity index is 2.61. The minimum absolute atomic E-state index is 0.0235. The molecule has 0 aromatic rings. The lowest BCUT2D eigenvalue weighted by atomic mass is 10.1. The van der Waals surface area contributed by atoms with Gasteiger partial charge in [0.1, 0.15) is 0 Å². The van der Waals surface area contributed by atoms with Gasteiger partial charge in [0, 0.05) is 6.54 Å². The molecule has 0 aromatic carbocycles. The molecule has 0 aromatic heterocycles. The highest BCUT2D eigenvalue weighted by Crippen LogP contribution is 2.11. The highest BCUT2D eigenvalue weighted by molar-refractivity contribution is 6.05. The number of hydrogen-bond acceptors (Lipinski definition) is 3. The molecule has 0 aliphatic carbocycles. The van der Waals surface area contributed by atoms with Crippen molar-refractivity contribution < 1.29 is 14.3 Å². The van der Waals surface area contributed by atoms with Gasteiger partial charge < -0.3 is 10.1 Å². The van der Waals surface area contributed by atoms with Crippen molar-refractivity contribution in [3.05, 3.63) is 0 Å². The first kappa shape index (κ1) is 11.5. The van der Waals surface area contributed by atoms with E-state index in [2.05, 4.69) is 15.6 Å². The third kappa shape index (κ3) is 2.93. The van der Waals surface area contributed by atoms with E-state index in [9.17, 15) is 9.59 Å². The van der Waals surface area contributed by atoms with Crippen LogP contribution in [-0.2, 0) is 9.53 Å². The summed E-state index contributed by atoms with van der Waals surface area (Å²) in [6.07, 6.45) is -0.557. The quantitative estimate of drug-likeness (QED) is 0.689. The van der Waals surface area contributed by atoms with Crippen LogP contribution < -0.4 is 10.6 Å². The number of amides is 3. The van der Waals surface area contributed by atoms with Crippen LogP contribution >= 0.6 is 0 Å². The van der Waals surface area contributed by atoms with E-state index in [4.69, 9.17) is 4.74 Å². The molecule has 1 aliphatic rings. The Bertz CT molecular complexity index is 299. The normalized spacial score (nSPS) is 22.8. The van der Waals surface area contributed by atoms with Gasteiger partial charge in [-0.25, -0.2) is 4.79 Å². The van der Waals surface area contributed by atoms with Gasteiger partial charge in [-0.15, -0.1) is 4.99 Å². The van der Waals surface area contributed by atoms with Crippen LogP contribution in [0.3, 0.4) is 0 Å². The number of carbonyl (C=O) groups excluding carboxylic acids is 2. The van der Waals surface area contributed by atoms with Crippen LogP contribution in [0.4, 0.5) is 4.79 Å². The molecule has 3 amide bonds. The Morgan fingerprint density at radius 1 is 1.67 bits per heavy atom. The predicted molar refractivity (Wildman–Crippen MR) is 54.4 cm³/mol. The minimum Gasteiger partial charge on any atom is -0.451 e. The summed E-state index contributed by atoms with van der Waals surface area (Å²) >= 11 is 0. The number of aliphatic imine (C=N–C) groups is 1. The van der Waals surface area contributed by atoms with E-state index < -0.39 is 12.1 Å². The molecule has 1 aliphatic heterocycles. The Hall–Kier alpha value is -1.59. The second kappa shape index (κ2) is 4.77. The van der Waals surface area contributed by atoms with Gasteiger partial charge in [0.2, 0.25) is 0 Å². The van der Waals surface area contributed by atoms with Crippen molar-refractivity contribution in [1.29, 1.82) is 0 Å². The zero-order chi connectivity index (χ0) is 11.4. The maximum absolute atomic E-state index is 11.3. The SMILES string of the molecule is CCNC(=O)N=C1NC(=O)[C@H](C(C)C)O1. The molecule has 0 spiro atoms. The van der Waals surface area contributed by atoms with Crippen LogP contribution in [0.2, 0.25) is 0 Å². The Morgan fingerprint density at radius 3 is 2.80 bits per heavy atom. The summed E-state index contributed by atoms with van der Waals surface area (Å²) in [6, 6.07) is -0.540. The van der Waals surface area contributed by atoms with Gasteiger partial charge in [-0.05, 0) is 12.8 Å². The van der Waals surface area contributed by atoms with Crippen molar-refractivity contribution in [3.63, 3.8) is 0 Å². The summed E-state index contributed by atoms with van der Waals surface area (Å²) in [5.74, 6) is -0.208. The molecule has 15 heavy (non-hydrogen) atoms. The zero-order valence-electron chi connectivity index (χ0n) is 9.03. The first-order valence-corrected chi connectivity index (χ1v) is 4.88. The number of urea groups is 1. The second-order valence-electron chi connectivity index (χ2n) is 3.52. The summed E-state index contributed by atoms with van der Waals surface area (Å²) in [5, 5.41) is 4.88. The topological polar surface area (TPSA) is 79.8 Å². The smallest absolute Gasteiger partial charge is 0.345 e. The highest BCUT2D eigenvalue weighted by atomic mass is 16.5. The van der Waals surface area contributed by atoms with E-state index in [0.717, 1.165) is 0 Å². The second-order valence-corrected chi connectivity index (χ2v) is 3.52. The average Bonchev–Trinajstić information content (AvgIpc) is 2.47. The van der Waals surface area contributed by atoms with E-state index in [0.29, 0.717) is 6.54 Å². The van der Waals surface area contributed by atoms with Crippen LogP contribution in [0, 0.1) is 5.92 Å². The lowest BCUT2D eigenvalue weighted by molar-refractivity contribution is -0.124. The van der Waals surface area contributed by atoms with Crippen LogP contribution in [0.25, 0.3) is 0 Å². The monoisotopic (exact) mass is 213 g/mol. The van der Waals surface area contributed by atoms with Gasteiger partial charge in [0.15, 0.2) is 6.10 Å². The molecule has 1 heterocycles. The predicted octanol–water partition coefficient (Wildman–Crippen LogP) is 0.243. The molecule has 6 heteroatoms. The summed E-state index contributed by atoms with van der Waals surface area (Å²) in [4.78, 5) is 25.9. The standard InChI is InChI=1S/C9H15N3O3/c1-4-10-8(14)12-9-11-7(13)6(15-9)5(2)3/h5-6H,4H2,1-3H3,(H2,10,11,12,13,14)/t6-/m0/s1. The fraction of sp³-hybridized carbons (Fsp3) is 0.667. The zero-order valence-corrected chi connectivity index (χ0v) is 9.03. The Labute approximate surface area is 88.1 Å². The first-order valence-electron chi connectivity index (χ1n) is 4.88. The lowest BCUT2D eigenvalue weighted by Gasteiger charge is -2.09. The third-order valence-corrected chi connectivity index (χ3v) is 1.86. The molecule has 1 fully saturated rings. The van der Waals surface area contributed by atoms with Gasteiger partial charge >= 0.3 is 12.1 Å². The summed E-state index contributed by atoms with van der Waals surface area (Å²) < 4.78 is 5.18. The van der Waals surface area contributed by atoms with Crippen LogP contribution in [0.1, 0.15) is 20.8 Å². The van der Waals surface area contributed by atoms with Crippen molar-refractivity contribution in [1.82, 2.24) is 10.6 Å². The molecule has 1 rings (SSSR count). The number of rotatable bonds is 2. The molecule has 0 saturated carbocycles. The molecule has 84 valence electrons. The van der Waals surface area contributed by atoms with Crippen molar-refractivity contribution in [2.75, 3.05) is 6.54 Å². The number of hydrogen-bond donors (Lipinski definition) is 2. The molecular formula is C9H15N3O3. The number of nitrogens with zero attached hydrogens (tertiary/aromatic N) is 1. The van der Waals surface area contributed by atoms with Crippen LogP contribution in [0.5, 0.6) is 0 Å².